The normalized spacial score (nSPS) is 28.5. The molecular formula is C24H28N2O5. The van der Waals surface area contributed by atoms with Crippen molar-refractivity contribution in [3.05, 3.63) is 47.9 Å². The van der Waals surface area contributed by atoms with Gasteiger partial charge in [-0.15, -0.1) is 0 Å². The molecular weight excluding hydrogens is 396 g/mol. The van der Waals surface area contributed by atoms with Gasteiger partial charge in [0.05, 0.1) is 25.3 Å². The van der Waals surface area contributed by atoms with Crippen LogP contribution < -0.4 is 0 Å². The van der Waals surface area contributed by atoms with Crippen molar-refractivity contribution in [2.24, 2.45) is 11.8 Å². The predicted octanol–water partition coefficient (Wildman–Crippen LogP) is 3.30. The summed E-state index contributed by atoms with van der Waals surface area (Å²) in [4.78, 5) is 40.8. The third kappa shape index (κ3) is 3.62. The fourth-order valence-electron chi connectivity index (χ4n) is 5.11. The number of carbonyl (C=O) groups is 3. The average Bonchev–Trinajstić information content (AvgIpc) is 3.11. The first-order valence-corrected chi connectivity index (χ1v) is 10.6. The second-order valence-electron chi connectivity index (χ2n) is 8.57. The maximum Gasteiger partial charge on any atom is 0.328 e. The molecule has 0 aliphatic carbocycles. The molecule has 5 atom stereocenters. The van der Waals surface area contributed by atoms with Gasteiger partial charge in [0.15, 0.2) is 0 Å². The number of aromatic nitrogens is 1. The zero-order chi connectivity index (χ0) is 22.3. The summed E-state index contributed by atoms with van der Waals surface area (Å²) < 4.78 is 10.7. The number of esters is 1. The summed E-state index contributed by atoms with van der Waals surface area (Å²) in [6, 6.07) is 7.34. The number of aromatic amines is 1. The van der Waals surface area contributed by atoms with E-state index < -0.39 is 6.04 Å². The molecule has 0 bridgehead atoms. The third-order valence-corrected chi connectivity index (χ3v) is 6.34. The van der Waals surface area contributed by atoms with Crippen LogP contribution in [-0.2, 0) is 30.3 Å². The molecule has 0 saturated carbocycles. The number of methoxy groups -OCH3 is 1. The van der Waals surface area contributed by atoms with Crippen molar-refractivity contribution in [2.45, 2.75) is 51.8 Å². The van der Waals surface area contributed by atoms with E-state index in [0.717, 1.165) is 28.6 Å². The quantitative estimate of drug-likeness (QED) is 0.710. The number of nitrogens with zero attached hydrogens (tertiary/aromatic N) is 1. The number of ether oxygens (including phenoxy) is 2. The summed E-state index contributed by atoms with van der Waals surface area (Å²) in [5.74, 6) is -0.363. The molecule has 1 N–H and O–H groups in total. The van der Waals surface area contributed by atoms with E-state index in [1.807, 2.05) is 31.2 Å². The van der Waals surface area contributed by atoms with Crippen molar-refractivity contribution in [3.63, 3.8) is 0 Å². The molecule has 7 nitrogen and oxygen atoms in total. The number of hydrogen-bond acceptors (Lipinski definition) is 5. The molecule has 1 fully saturated rings. The summed E-state index contributed by atoms with van der Waals surface area (Å²) in [6.07, 6.45) is 4.74. The van der Waals surface area contributed by atoms with Gasteiger partial charge in [0.2, 0.25) is 5.91 Å². The number of para-hydroxylation sites is 1. The molecule has 4 heterocycles. The number of rotatable bonds is 1. The van der Waals surface area contributed by atoms with Crippen LogP contribution in [0.5, 0.6) is 0 Å². The summed E-state index contributed by atoms with van der Waals surface area (Å²) in [6.45, 7) is 4.98. The number of carbonyl (C=O) groups excluding carboxylic acids is 3. The molecule has 1 aromatic carbocycles. The number of ketones is 1. The molecule has 5 rings (SSSR count). The van der Waals surface area contributed by atoms with Gasteiger partial charge in [0.25, 0.3) is 0 Å². The maximum atomic E-state index is 13.5. The van der Waals surface area contributed by atoms with Crippen LogP contribution in [0.2, 0.25) is 0 Å². The number of piperidine rings is 1. The Morgan fingerprint density at radius 3 is 2.65 bits per heavy atom. The number of fused-ring (bicyclic) bond motifs is 6. The van der Waals surface area contributed by atoms with E-state index in [4.69, 9.17) is 9.47 Å². The second-order valence-corrected chi connectivity index (χ2v) is 8.57. The molecule has 31 heavy (non-hydrogen) atoms. The van der Waals surface area contributed by atoms with Crippen LogP contribution in [0.1, 0.15) is 44.5 Å². The van der Waals surface area contributed by atoms with Crippen molar-refractivity contribution in [2.75, 3.05) is 7.11 Å². The lowest BCUT2D eigenvalue weighted by Crippen LogP contribution is -2.59. The first-order valence-electron chi connectivity index (χ1n) is 10.6. The Balaban J connectivity index is 0.000000535. The van der Waals surface area contributed by atoms with Gasteiger partial charge in [0, 0.05) is 23.0 Å². The highest BCUT2D eigenvalue weighted by Crippen LogP contribution is 2.47. The molecule has 1 saturated heterocycles. The summed E-state index contributed by atoms with van der Waals surface area (Å²) in [7, 11) is 1.38. The Bertz CT molecular complexity index is 1050. The lowest BCUT2D eigenvalue weighted by Gasteiger charge is -2.49. The van der Waals surface area contributed by atoms with Gasteiger partial charge < -0.3 is 24.2 Å². The molecule has 7 heteroatoms. The lowest BCUT2D eigenvalue weighted by atomic mass is 9.73. The Labute approximate surface area is 181 Å². The minimum absolute atomic E-state index is 0.0205. The van der Waals surface area contributed by atoms with E-state index in [2.05, 4.69) is 11.1 Å². The van der Waals surface area contributed by atoms with Gasteiger partial charge in [-0.1, -0.05) is 18.2 Å². The number of amides is 1. The van der Waals surface area contributed by atoms with Crippen molar-refractivity contribution in [1.82, 2.24) is 9.88 Å². The average molecular weight is 424 g/mol. The number of H-pyrrole nitrogens is 1. The van der Waals surface area contributed by atoms with Gasteiger partial charge >= 0.3 is 5.97 Å². The van der Waals surface area contributed by atoms with E-state index in [-0.39, 0.29) is 41.6 Å². The number of benzene rings is 1. The summed E-state index contributed by atoms with van der Waals surface area (Å²) in [5, 5.41) is 1.12. The molecule has 164 valence electrons. The van der Waals surface area contributed by atoms with Crippen molar-refractivity contribution in [3.8, 4) is 0 Å². The monoisotopic (exact) mass is 424 g/mol. The fourth-order valence-corrected chi connectivity index (χ4v) is 5.11. The number of nitrogens with one attached hydrogen (secondary N) is 1. The Kier molecular flexibility index (Phi) is 5.60. The SMILES string of the molecule is CC(C)=O.COC(=O)[C@@H]1Cc2c([nH]c3ccccc23)[C@@H]2C[C@@H]3C=CO[C@@H](C)[C@@H]3C(=O)N12. The Hall–Kier alpha value is -3.09. The van der Waals surface area contributed by atoms with E-state index in [1.54, 1.807) is 11.2 Å². The van der Waals surface area contributed by atoms with Crippen LogP contribution in [0.3, 0.4) is 0 Å². The highest BCUT2D eigenvalue weighted by molar-refractivity contribution is 5.92. The smallest absolute Gasteiger partial charge is 0.328 e. The molecule has 1 amide bonds. The number of hydrogen-bond donors (Lipinski definition) is 1. The van der Waals surface area contributed by atoms with E-state index in [0.29, 0.717) is 6.42 Å². The van der Waals surface area contributed by atoms with Gasteiger partial charge in [-0.25, -0.2) is 4.79 Å². The van der Waals surface area contributed by atoms with Crippen molar-refractivity contribution >= 4 is 28.6 Å². The van der Waals surface area contributed by atoms with Crippen molar-refractivity contribution in [1.29, 1.82) is 0 Å². The Morgan fingerprint density at radius 2 is 1.94 bits per heavy atom. The highest BCUT2D eigenvalue weighted by Gasteiger charge is 2.52. The van der Waals surface area contributed by atoms with Crippen LogP contribution in [-0.4, -0.2) is 46.8 Å². The van der Waals surface area contributed by atoms with Crippen LogP contribution in [0, 0.1) is 11.8 Å². The molecule has 3 aliphatic rings. The first kappa shape index (κ1) is 21.2. The molecule has 0 spiro atoms. The van der Waals surface area contributed by atoms with E-state index >= 15 is 0 Å². The zero-order valence-electron chi connectivity index (χ0n) is 18.3. The number of allylic oxidation sites excluding steroid dienone is 1. The third-order valence-electron chi connectivity index (χ3n) is 6.34. The predicted molar refractivity (Wildman–Crippen MR) is 115 cm³/mol. The van der Waals surface area contributed by atoms with Crippen LogP contribution in [0.15, 0.2) is 36.6 Å². The summed E-state index contributed by atoms with van der Waals surface area (Å²) in [5.41, 5.74) is 3.21. The van der Waals surface area contributed by atoms with Gasteiger partial charge in [-0.2, -0.15) is 0 Å². The fraction of sp³-hybridized carbons (Fsp3) is 0.458. The highest BCUT2D eigenvalue weighted by atomic mass is 16.5. The zero-order valence-corrected chi connectivity index (χ0v) is 18.3. The first-order chi connectivity index (χ1) is 14.8. The van der Waals surface area contributed by atoms with E-state index in [1.165, 1.54) is 21.0 Å². The largest absolute Gasteiger partial charge is 0.498 e. The second kappa shape index (κ2) is 8.21. The Morgan fingerprint density at radius 1 is 1.23 bits per heavy atom. The van der Waals surface area contributed by atoms with Gasteiger partial charge in [-0.05, 0) is 50.8 Å². The minimum Gasteiger partial charge on any atom is -0.498 e. The van der Waals surface area contributed by atoms with E-state index in [9.17, 15) is 14.4 Å². The van der Waals surface area contributed by atoms with Gasteiger partial charge in [-0.3, -0.25) is 4.79 Å². The van der Waals surface area contributed by atoms with Crippen LogP contribution in [0.25, 0.3) is 10.9 Å². The van der Waals surface area contributed by atoms with Crippen LogP contribution >= 0.6 is 0 Å². The topological polar surface area (TPSA) is 88.7 Å². The lowest BCUT2D eigenvalue weighted by molar-refractivity contribution is -0.166. The van der Waals surface area contributed by atoms with Crippen LogP contribution in [0.4, 0.5) is 0 Å². The minimum atomic E-state index is -0.599. The molecule has 3 aliphatic heterocycles. The molecule has 0 unspecified atom stereocenters. The summed E-state index contributed by atoms with van der Waals surface area (Å²) >= 11 is 0. The standard InChI is InChI=1S/C21H22N2O4.C3H6O/c1-11-18-12(7-8-27-11)9-16-19-14(13-5-3-4-6-15(13)22-19)10-17(21(25)26-2)23(16)20(18)24;1-3(2)4/h3-8,11-12,16-18,22H,9-10H2,1-2H3;1-2H3/t11-,12-,16-,17-,18-;/m0./s1. The molecule has 2 aromatic rings. The molecule has 1 aromatic heterocycles. The molecule has 0 radical (unpaired) electrons. The van der Waals surface area contributed by atoms with Gasteiger partial charge in [0.1, 0.15) is 17.9 Å². The number of Topliss-reactive ketones (excluding diaryl/α,β-unsaturated/α-hetero) is 1. The maximum absolute atomic E-state index is 13.5. The van der Waals surface area contributed by atoms with Crippen molar-refractivity contribution < 1.29 is 23.9 Å².